The van der Waals surface area contributed by atoms with Crippen LogP contribution < -0.4 is 0 Å². The standard InChI is InChI=1S/C13H30O3Si3/c1-10-12(15-18(6,7)11-2)19(8,9)16-13(3,4)17(5)14/h11-12H,2,10H2,1,3-9H3. The molecule has 0 aliphatic heterocycles. The van der Waals surface area contributed by atoms with Crippen LogP contribution in [-0.4, -0.2) is 36.3 Å². The number of rotatable bonds is 8. The van der Waals surface area contributed by atoms with Gasteiger partial charge in [0.1, 0.15) is 0 Å². The minimum absolute atomic E-state index is 0.118. The Morgan fingerprint density at radius 2 is 1.79 bits per heavy atom. The fraction of sp³-hybridized carbons (Fsp3) is 0.846. The second-order valence-electron chi connectivity index (χ2n) is 6.59. The summed E-state index contributed by atoms with van der Waals surface area (Å²) in [7, 11) is -5.63. The second kappa shape index (κ2) is 6.71. The maximum Gasteiger partial charge on any atom is 0.305 e. The summed E-state index contributed by atoms with van der Waals surface area (Å²) in [5, 5.41) is -0.545. The van der Waals surface area contributed by atoms with Crippen LogP contribution in [0.2, 0.25) is 32.7 Å². The molecule has 0 radical (unpaired) electrons. The van der Waals surface area contributed by atoms with E-state index in [1.165, 1.54) is 0 Å². The van der Waals surface area contributed by atoms with E-state index in [1.807, 2.05) is 19.5 Å². The van der Waals surface area contributed by atoms with Crippen LogP contribution in [0.5, 0.6) is 0 Å². The average Bonchev–Trinajstić information content (AvgIpc) is 2.24. The van der Waals surface area contributed by atoms with Gasteiger partial charge in [-0.1, -0.05) is 12.6 Å². The van der Waals surface area contributed by atoms with E-state index in [-0.39, 0.29) is 5.73 Å². The summed E-state index contributed by atoms with van der Waals surface area (Å²) in [6, 6.07) is 0. The van der Waals surface area contributed by atoms with Gasteiger partial charge in [0.15, 0.2) is 0 Å². The maximum atomic E-state index is 11.8. The van der Waals surface area contributed by atoms with Crippen molar-refractivity contribution < 1.29 is 13.3 Å². The number of hydrogen-bond donors (Lipinski definition) is 0. The summed E-state index contributed by atoms with van der Waals surface area (Å²) in [5.41, 5.74) is 2.07. The molecule has 1 atom stereocenters. The first-order chi connectivity index (χ1) is 8.38. The van der Waals surface area contributed by atoms with Crippen molar-refractivity contribution in [3.63, 3.8) is 0 Å². The summed E-state index contributed by atoms with van der Waals surface area (Å²) in [4.78, 5) is 0. The van der Waals surface area contributed by atoms with Crippen LogP contribution in [0.1, 0.15) is 27.2 Å². The van der Waals surface area contributed by atoms with E-state index in [0.717, 1.165) is 6.42 Å². The van der Waals surface area contributed by atoms with Crippen molar-refractivity contribution >= 4 is 25.3 Å². The molecule has 0 bridgehead atoms. The summed E-state index contributed by atoms with van der Waals surface area (Å²) < 4.78 is 24.4. The summed E-state index contributed by atoms with van der Waals surface area (Å²) in [5.74, 6) is 0. The molecular weight excluding hydrogens is 288 g/mol. The third-order valence-corrected chi connectivity index (χ3v) is 10.7. The van der Waals surface area contributed by atoms with Gasteiger partial charge in [-0.3, -0.25) is 0 Å². The van der Waals surface area contributed by atoms with Gasteiger partial charge in [0, 0.05) is 0 Å². The van der Waals surface area contributed by atoms with Gasteiger partial charge in [-0.05, 0) is 53.0 Å². The summed E-state index contributed by atoms with van der Waals surface area (Å²) in [6.07, 6.45) is 0.921. The molecule has 0 fully saturated rings. The van der Waals surface area contributed by atoms with E-state index in [0.29, 0.717) is 0 Å². The third-order valence-electron chi connectivity index (χ3n) is 3.45. The molecule has 0 aromatic carbocycles. The normalized spacial score (nSPS) is 15.2. The molecule has 19 heavy (non-hydrogen) atoms. The van der Waals surface area contributed by atoms with E-state index < -0.39 is 30.5 Å². The molecule has 0 spiro atoms. The lowest BCUT2D eigenvalue weighted by Gasteiger charge is -2.40. The minimum Gasteiger partial charge on any atom is -0.411 e. The zero-order chi connectivity index (χ0) is 15.5. The van der Waals surface area contributed by atoms with Crippen molar-refractivity contribution in [1.29, 1.82) is 0 Å². The van der Waals surface area contributed by atoms with Gasteiger partial charge in [0.05, 0.1) is 11.0 Å². The minimum atomic E-state index is -2.07. The van der Waals surface area contributed by atoms with E-state index in [4.69, 9.17) is 8.85 Å². The molecular formula is C13H30O3Si3. The third kappa shape index (κ3) is 5.95. The van der Waals surface area contributed by atoms with Crippen LogP contribution in [0.4, 0.5) is 0 Å². The lowest BCUT2D eigenvalue weighted by Crippen LogP contribution is -2.56. The van der Waals surface area contributed by atoms with E-state index >= 15 is 0 Å². The molecule has 0 heterocycles. The van der Waals surface area contributed by atoms with Crippen LogP contribution >= 0.6 is 0 Å². The number of hydrogen-bond acceptors (Lipinski definition) is 3. The van der Waals surface area contributed by atoms with Crippen LogP contribution in [0.25, 0.3) is 0 Å². The molecule has 3 nitrogen and oxygen atoms in total. The predicted molar refractivity (Wildman–Crippen MR) is 87.8 cm³/mol. The first kappa shape index (κ1) is 19.1. The lowest BCUT2D eigenvalue weighted by molar-refractivity contribution is 0.136. The molecule has 0 amide bonds. The molecule has 0 saturated heterocycles. The van der Waals surface area contributed by atoms with Crippen molar-refractivity contribution in [2.75, 3.05) is 0 Å². The quantitative estimate of drug-likeness (QED) is 0.638. The van der Waals surface area contributed by atoms with Gasteiger partial charge < -0.3 is 13.3 Å². The zero-order valence-electron chi connectivity index (χ0n) is 13.8. The smallest absolute Gasteiger partial charge is 0.305 e. The fourth-order valence-corrected chi connectivity index (χ4v) is 8.76. The van der Waals surface area contributed by atoms with Crippen molar-refractivity contribution in [2.45, 2.75) is 70.9 Å². The Balaban J connectivity index is 5.04. The van der Waals surface area contributed by atoms with Gasteiger partial charge in [0.25, 0.3) is 0 Å². The van der Waals surface area contributed by atoms with Crippen molar-refractivity contribution in [1.82, 2.24) is 0 Å². The molecule has 0 N–H and O–H groups in total. The fourth-order valence-electron chi connectivity index (χ4n) is 1.93. The van der Waals surface area contributed by atoms with Gasteiger partial charge in [-0.25, -0.2) is 0 Å². The molecule has 1 unspecified atom stereocenters. The van der Waals surface area contributed by atoms with E-state index in [2.05, 4.69) is 39.7 Å². The topological polar surface area (TPSA) is 35.5 Å². The van der Waals surface area contributed by atoms with Gasteiger partial charge >= 0.3 is 8.68 Å². The van der Waals surface area contributed by atoms with E-state index in [1.54, 1.807) is 6.55 Å². The average molecular weight is 319 g/mol. The Morgan fingerprint density at radius 3 is 2.11 bits per heavy atom. The lowest BCUT2D eigenvalue weighted by atomic mass is 10.5. The molecule has 0 rings (SSSR count). The Kier molecular flexibility index (Phi) is 6.75. The first-order valence-corrected chi connectivity index (χ1v) is 14.8. The highest BCUT2D eigenvalue weighted by Crippen LogP contribution is 2.26. The SMILES string of the molecule is C=C[Si](C)(C)OC(CC)[Si](C)(C)OC(C)(C)[Si](C)=O. The van der Waals surface area contributed by atoms with Crippen LogP contribution in [0.3, 0.4) is 0 Å². The van der Waals surface area contributed by atoms with E-state index in [9.17, 15) is 4.46 Å². The maximum absolute atomic E-state index is 11.8. The monoisotopic (exact) mass is 318 g/mol. The highest BCUT2D eigenvalue weighted by Gasteiger charge is 2.42. The highest BCUT2D eigenvalue weighted by molar-refractivity contribution is 6.79. The predicted octanol–water partition coefficient (Wildman–Crippen LogP) is 3.84. The molecule has 6 heteroatoms. The van der Waals surface area contributed by atoms with Gasteiger partial charge in [-0.2, -0.15) is 0 Å². The molecule has 112 valence electrons. The van der Waals surface area contributed by atoms with Crippen LogP contribution in [-0.2, 0) is 13.3 Å². The molecule has 0 aromatic heterocycles. The van der Waals surface area contributed by atoms with Crippen LogP contribution in [0, 0.1) is 0 Å². The highest BCUT2D eigenvalue weighted by atomic mass is 28.4. The van der Waals surface area contributed by atoms with Crippen molar-refractivity contribution in [3.05, 3.63) is 12.3 Å². The Labute approximate surface area is 122 Å². The molecule has 0 aromatic rings. The van der Waals surface area contributed by atoms with Crippen molar-refractivity contribution in [3.8, 4) is 0 Å². The largest absolute Gasteiger partial charge is 0.411 e. The Hall–Kier alpha value is 0.111. The van der Waals surface area contributed by atoms with Crippen LogP contribution in [0.15, 0.2) is 12.3 Å². The Morgan fingerprint density at radius 1 is 1.32 bits per heavy atom. The molecule has 0 aliphatic carbocycles. The first-order valence-electron chi connectivity index (χ1n) is 6.90. The second-order valence-corrected chi connectivity index (χ2v) is 16.8. The molecule has 0 aliphatic rings. The summed E-state index contributed by atoms with van der Waals surface area (Å²) >= 11 is 0. The van der Waals surface area contributed by atoms with Gasteiger partial charge in [0.2, 0.25) is 16.6 Å². The summed E-state index contributed by atoms with van der Waals surface area (Å²) in [6.45, 7) is 20.2. The van der Waals surface area contributed by atoms with Gasteiger partial charge in [-0.15, -0.1) is 6.58 Å². The molecule has 0 saturated carbocycles. The zero-order valence-corrected chi connectivity index (χ0v) is 16.8. The Bertz CT molecular complexity index is 338. The van der Waals surface area contributed by atoms with Crippen molar-refractivity contribution in [2.24, 2.45) is 0 Å².